The van der Waals surface area contributed by atoms with Crippen molar-refractivity contribution in [1.29, 1.82) is 0 Å². The summed E-state index contributed by atoms with van der Waals surface area (Å²) < 4.78 is 26.5. The number of likely N-dealkylation sites (tertiary alicyclic amines) is 1. The molecule has 1 heterocycles. The second-order valence-electron chi connectivity index (χ2n) is 11.0. The largest absolute Gasteiger partial charge is 0.375 e. The fourth-order valence-electron chi connectivity index (χ4n) is 5.74. The Morgan fingerprint density at radius 3 is 1.40 bits per heavy atom. The number of ether oxygens (including phenoxy) is 4. The van der Waals surface area contributed by atoms with Crippen molar-refractivity contribution in [2.75, 3.05) is 13.2 Å². The van der Waals surface area contributed by atoms with Gasteiger partial charge in [0.2, 0.25) is 0 Å². The lowest BCUT2D eigenvalue weighted by Crippen LogP contribution is -2.68. The maximum Gasteiger partial charge on any atom is 0.134 e. The van der Waals surface area contributed by atoms with Crippen molar-refractivity contribution < 1.29 is 23.7 Å². The molecule has 4 aromatic carbocycles. The molecule has 4 aromatic rings. The van der Waals surface area contributed by atoms with Crippen molar-refractivity contribution in [2.24, 2.45) is 0 Å². The molecule has 0 saturated carbocycles. The Bertz CT molecular complexity index is 1340. The highest BCUT2D eigenvalue weighted by molar-refractivity contribution is 5.52. The first kappa shape index (κ1) is 30.8. The maximum absolute atomic E-state index is 12.0. The van der Waals surface area contributed by atoms with Gasteiger partial charge in [-0.2, -0.15) is 0 Å². The van der Waals surface area contributed by atoms with Crippen LogP contribution in [0.2, 0.25) is 0 Å². The van der Waals surface area contributed by atoms with Crippen molar-refractivity contribution in [1.82, 2.24) is 4.90 Å². The molecule has 5 atom stereocenters. The molecule has 1 aliphatic rings. The van der Waals surface area contributed by atoms with Crippen molar-refractivity contribution in [3.05, 3.63) is 144 Å². The Morgan fingerprint density at radius 2 is 0.953 bits per heavy atom. The summed E-state index contributed by atoms with van der Waals surface area (Å²) in [6, 6.07) is 40.2. The molecule has 0 amide bonds. The number of hydrogen-bond donors (Lipinski definition) is 0. The third-order valence-electron chi connectivity index (χ3n) is 7.99. The van der Waals surface area contributed by atoms with Crippen LogP contribution in [0, 0.1) is 0 Å². The zero-order valence-electron chi connectivity index (χ0n) is 24.7. The first-order valence-corrected chi connectivity index (χ1v) is 15.0. The highest BCUT2D eigenvalue weighted by Gasteiger charge is 2.49. The first-order chi connectivity index (χ1) is 21.2. The lowest BCUT2D eigenvalue weighted by atomic mass is 9.88. The van der Waals surface area contributed by atoms with Crippen molar-refractivity contribution in [3.8, 4) is 0 Å². The van der Waals surface area contributed by atoms with E-state index in [4.69, 9.17) is 18.9 Å². The van der Waals surface area contributed by atoms with Gasteiger partial charge in [-0.3, -0.25) is 4.90 Å². The first-order valence-electron chi connectivity index (χ1n) is 15.0. The molecule has 0 aromatic heterocycles. The highest BCUT2D eigenvalue weighted by Crippen LogP contribution is 2.32. The zero-order valence-corrected chi connectivity index (χ0v) is 24.7. The SMILES string of the molecule is CC1C(OCc2ccccc2)C(OCc2ccccc2)[C@H](OCc2ccccc2)C(COCc2ccccc2)N1CC=O. The lowest BCUT2D eigenvalue weighted by molar-refractivity contribution is -0.225. The monoisotopic (exact) mass is 579 g/mol. The predicted molar refractivity (Wildman–Crippen MR) is 167 cm³/mol. The van der Waals surface area contributed by atoms with Gasteiger partial charge in [-0.05, 0) is 29.2 Å². The summed E-state index contributed by atoms with van der Waals surface area (Å²) in [5, 5.41) is 0. The van der Waals surface area contributed by atoms with Gasteiger partial charge in [0.15, 0.2) is 0 Å². The third-order valence-corrected chi connectivity index (χ3v) is 7.99. The minimum Gasteiger partial charge on any atom is -0.375 e. The second-order valence-corrected chi connectivity index (χ2v) is 11.0. The Hall–Kier alpha value is -3.65. The van der Waals surface area contributed by atoms with Gasteiger partial charge in [-0.15, -0.1) is 0 Å². The van der Waals surface area contributed by atoms with Crippen molar-refractivity contribution in [2.45, 2.75) is 63.7 Å². The topological polar surface area (TPSA) is 57.2 Å². The van der Waals surface area contributed by atoms with Gasteiger partial charge in [-0.25, -0.2) is 0 Å². The van der Waals surface area contributed by atoms with Crippen LogP contribution in [-0.4, -0.2) is 54.7 Å². The van der Waals surface area contributed by atoms with Crippen LogP contribution in [-0.2, 0) is 50.2 Å². The molecule has 1 aliphatic heterocycles. The minimum atomic E-state index is -0.420. The Morgan fingerprint density at radius 1 is 0.558 bits per heavy atom. The molecule has 0 spiro atoms. The standard InChI is InChI=1S/C37H41NO5/c1-29-35(41-25-31-16-8-3-9-17-31)37(43-27-33-20-12-5-13-21-33)36(42-26-32-18-10-4-11-19-32)34(38(29)22-23-39)28-40-24-30-14-6-2-7-15-30/h2-21,23,29,34-37H,22,24-28H2,1H3/t29?,34?,35?,36-,37?/m1/s1. The van der Waals surface area contributed by atoms with Crippen LogP contribution < -0.4 is 0 Å². The van der Waals surface area contributed by atoms with E-state index in [1.165, 1.54) is 0 Å². The van der Waals surface area contributed by atoms with Gasteiger partial charge in [0.1, 0.15) is 24.6 Å². The van der Waals surface area contributed by atoms with Gasteiger partial charge in [0.25, 0.3) is 0 Å². The molecule has 5 rings (SSSR count). The van der Waals surface area contributed by atoms with Gasteiger partial charge in [0, 0.05) is 6.04 Å². The van der Waals surface area contributed by atoms with Gasteiger partial charge in [0.05, 0.1) is 45.6 Å². The average Bonchev–Trinajstić information content (AvgIpc) is 3.06. The van der Waals surface area contributed by atoms with E-state index in [0.717, 1.165) is 28.5 Å². The summed E-state index contributed by atoms with van der Waals surface area (Å²) >= 11 is 0. The van der Waals surface area contributed by atoms with Crippen molar-refractivity contribution >= 4 is 6.29 Å². The molecule has 1 fully saturated rings. The fourth-order valence-corrected chi connectivity index (χ4v) is 5.74. The number of rotatable bonds is 15. The summed E-state index contributed by atoms with van der Waals surface area (Å²) in [6.45, 7) is 4.44. The van der Waals surface area contributed by atoms with E-state index < -0.39 is 12.2 Å². The third kappa shape index (κ3) is 8.69. The van der Waals surface area contributed by atoms with Crippen LogP contribution >= 0.6 is 0 Å². The van der Waals surface area contributed by atoms with Gasteiger partial charge >= 0.3 is 0 Å². The Labute approximate surface area is 255 Å². The van der Waals surface area contributed by atoms with Crippen molar-refractivity contribution in [3.63, 3.8) is 0 Å². The summed E-state index contributed by atoms with van der Waals surface area (Å²) in [7, 11) is 0. The van der Waals surface area contributed by atoms with E-state index in [9.17, 15) is 4.79 Å². The summed E-state index contributed by atoms with van der Waals surface area (Å²) in [5.41, 5.74) is 4.31. The summed E-state index contributed by atoms with van der Waals surface area (Å²) in [6.07, 6.45) is -0.226. The number of benzene rings is 4. The molecule has 0 radical (unpaired) electrons. The van der Waals surface area contributed by atoms with Crippen LogP contribution in [0.4, 0.5) is 0 Å². The van der Waals surface area contributed by atoms with Crippen LogP contribution in [0.25, 0.3) is 0 Å². The lowest BCUT2D eigenvalue weighted by Gasteiger charge is -2.51. The predicted octanol–water partition coefficient (Wildman–Crippen LogP) is 6.23. The molecule has 43 heavy (non-hydrogen) atoms. The van der Waals surface area contributed by atoms with Crippen LogP contribution in [0.15, 0.2) is 121 Å². The molecule has 4 unspecified atom stereocenters. The number of piperidine rings is 1. The molecule has 6 nitrogen and oxygen atoms in total. The second kappa shape index (κ2) is 16.3. The minimum absolute atomic E-state index is 0.128. The molecule has 0 aliphatic carbocycles. The van der Waals surface area contributed by atoms with E-state index in [1.807, 2.05) is 72.8 Å². The highest BCUT2D eigenvalue weighted by atomic mass is 16.6. The van der Waals surface area contributed by atoms with Crippen LogP contribution in [0.1, 0.15) is 29.2 Å². The van der Waals surface area contributed by atoms with E-state index in [-0.39, 0.29) is 24.7 Å². The van der Waals surface area contributed by atoms with E-state index in [0.29, 0.717) is 33.0 Å². The van der Waals surface area contributed by atoms with Crippen LogP contribution in [0.5, 0.6) is 0 Å². The number of nitrogens with zero attached hydrogens (tertiary/aromatic N) is 1. The fraction of sp³-hybridized carbons (Fsp3) is 0.324. The van der Waals surface area contributed by atoms with E-state index in [1.54, 1.807) is 0 Å². The average molecular weight is 580 g/mol. The molecule has 0 bridgehead atoms. The van der Waals surface area contributed by atoms with E-state index >= 15 is 0 Å². The molecular weight excluding hydrogens is 538 g/mol. The molecule has 6 heteroatoms. The summed E-state index contributed by atoms with van der Waals surface area (Å²) in [5.74, 6) is 0. The van der Waals surface area contributed by atoms with Gasteiger partial charge in [-0.1, -0.05) is 121 Å². The Balaban J connectivity index is 1.44. The normalized spacial score (nSPS) is 22.3. The number of carbonyl (C=O) groups is 1. The zero-order chi connectivity index (χ0) is 29.7. The molecule has 0 N–H and O–H groups in total. The number of carbonyl (C=O) groups excluding carboxylic acids is 1. The van der Waals surface area contributed by atoms with E-state index in [2.05, 4.69) is 60.4 Å². The number of hydrogen-bond acceptors (Lipinski definition) is 6. The molecule has 224 valence electrons. The smallest absolute Gasteiger partial charge is 0.134 e. The van der Waals surface area contributed by atoms with Gasteiger partial charge < -0.3 is 23.7 Å². The quantitative estimate of drug-likeness (QED) is 0.156. The summed E-state index contributed by atoms with van der Waals surface area (Å²) in [4.78, 5) is 14.2. The maximum atomic E-state index is 12.0. The number of aldehydes is 1. The Kier molecular flexibility index (Phi) is 11.6. The van der Waals surface area contributed by atoms with Crippen LogP contribution in [0.3, 0.4) is 0 Å². The molecular formula is C37H41NO5. The molecule has 1 saturated heterocycles.